The summed E-state index contributed by atoms with van der Waals surface area (Å²) in [6.45, 7) is 0. The van der Waals surface area contributed by atoms with Crippen LogP contribution in [-0.4, -0.2) is 10.8 Å². The highest BCUT2D eigenvalue weighted by Gasteiger charge is 2.21. The highest BCUT2D eigenvalue weighted by Crippen LogP contribution is 2.23. The summed E-state index contributed by atoms with van der Waals surface area (Å²) in [5.41, 5.74) is -0.596. The van der Waals surface area contributed by atoms with Crippen molar-refractivity contribution in [2.45, 2.75) is 0 Å². The number of carbonyl (C=O) groups excluding carboxylic acids is 1. The van der Waals surface area contributed by atoms with Gasteiger partial charge in [-0.2, -0.15) is 0 Å². The second-order valence-corrected chi connectivity index (χ2v) is 4.12. The monoisotopic (exact) mass is 297 g/mol. The first-order chi connectivity index (χ1) is 8.11. The second kappa shape index (κ2) is 4.71. The Labute approximate surface area is 104 Å². The van der Waals surface area contributed by atoms with Gasteiger partial charge in [-0.1, -0.05) is 6.07 Å². The molecule has 1 heterocycles. The molecular formula is C12H6BrF2NO. The Morgan fingerprint density at radius 1 is 1.18 bits per heavy atom. The Hall–Kier alpha value is -1.62. The fraction of sp³-hybridized carbons (Fsp3) is 0. The highest BCUT2D eigenvalue weighted by atomic mass is 79.9. The van der Waals surface area contributed by atoms with Crippen molar-refractivity contribution in [2.24, 2.45) is 0 Å². The molecule has 1 aromatic carbocycles. The van der Waals surface area contributed by atoms with Gasteiger partial charge in [-0.3, -0.25) is 9.78 Å². The van der Waals surface area contributed by atoms with Gasteiger partial charge in [0.2, 0.25) is 5.78 Å². The molecule has 0 atom stereocenters. The lowest BCUT2D eigenvalue weighted by molar-refractivity contribution is 0.102. The zero-order valence-electron chi connectivity index (χ0n) is 8.45. The van der Waals surface area contributed by atoms with E-state index in [2.05, 4.69) is 20.9 Å². The standard InChI is InChI=1S/C12H6BrF2NO/c13-7-4-5-8(14)10(11(7)15)12(17)9-3-1-2-6-16-9/h1-6H. The molecule has 86 valence electrons. The number of rotatable bonds is 2. The first kappa shape index (κ1) is 11.9. The maximum absolute atomic E-state index is 13.7. The van der Waals surface area contributed by atoms with Crippen molar-refractivity contribution in [3.63, 3.8) is 0 Å². The van der Waals surface area contributed by atoms with E-state index in [0.29, 0.717) is 0 Å². The number of carbonyl (C=O) groups is 1. The van der Waals surface area contributed by atoms with Gasteiger partial charge in [0, 0.05) is 6.20 Å². The maximum Gasteiger partial charge on any atom is 0.217 e. The second-order valence-electron chi connectivity index (χ2n) is 3.26. The number of benzene rings is 1. The number of ketones is 1. The lowest BCUT2D eigenvalue weighted by Crippen LogP contribution is -2.09. The van der Waals surface area contributed by atoms with Crippen LogP contribution in [0.5, 0.6) is 0 Å². The summed E-state index contributed by atoms with van der Waals surface area (Å²) in [5, 5.41) is 0. The number of halogens is 3. The molecule has 0 aliphatic heterocycles. The number of hydrogen-bond donors (Lipinski definition) is 0. The summed E-state index contributed by atoms with van der Waals surface area (Å²) in [6.07, 6.45) is 1.39. The van der Waals surface area contributed by atoms with Crippen LogP contribution in [-0.2, 0) is 0 Å². The minimum absolute atomic E-state index is 0.00315. The molecule has 0 fully saturated rings. The van der Waals surface area contributed by atoms with Crippen molar-refractivity contribution in [2.75, 3.05) is 0 Å². The van der Waals surface area contributed by atoms with Gasteiger partial charge < -0.3 is 0 Å². The van der Waals surface area contributed by atoms with E-state index in [0.717, 1.165) is 6.07 Å². The van der Waals surface area contributed by atoms with Gasteiger partial charge in [0.25, 0.3) is 0 Å². The lowest BCUT2D eigenvalue weighted by Gasteiger charge is -2.04. The molecule has 0 aliphatic carbocycles. The van der Waals surface area contributed by atoms with E-state index in [-0.39, 0.29) is 10.2 Å². The predicted molar refractivity (Wildman–Crippen MR) is 61.7 cm³/mol. The topological polar surface area (TPSA) is 30.0 Å². The average Bonchev–Trinajstić information content (AvgIpc) is 2.35. The Morgan fingerprint density at radius 2 is 1.94 bits per heavy atom. The average molecular weight is 298 g/mol. The molecule has 5 heteroatoms. The van der Waals surface area contributed by atoms with E-state index in [1.165, 1.54) is 18.3 Å². The van der Waals surface area contributed by atoms with Gasteiger partial charge in [-0.15, -0.1) is 0 Å². The van der Waals surface area contributed by atoms with E-state index in [1.807, 2.05) is 0 Å². The summed E-state index contributed by atoms with van der Waals surface area (Å²) in [4.78, 5) is 15.6. The van der Waals surface area contributed by atoms with Crippen LogP contribution in [0.3, 0.4) is 0 Å². The number of nitrogens with zero attached hydrogens (tertiary/aromatic N) is 1. The van der Waals surface area contributed by atoms with Gasteiger partial charge in [-0.05, 0) is 40.2 Å². The Balaban J connectivity index is 2.56. The first-order valence-corrected chi connectivity index (χ1v) is 5.50. The molecule has 0 aliphatic rings. The molecule has 0 bridgehead atoms. The van der Waals surface area contributed by atoms with Crippen LogP contribution in [0.25, 0.3) is 0 Å². The molecule has 0 amide bonds. The normalized spacial score (nSPS) is 10.3. The number of hydrogen-bond acceptors (Lipinski definition) is 2. The zero-order valence-corrected chi connectivity index (χ0v) is 10.0. The smallest absolute Gasteiger partial charge is 0.217 e. The SMILES string of the molecule is O=C(c1ccccn1)c1c(F)ccc(Br)c1F. The zero-order chi connectivity index (χ0) is 12.4. The van der Waals surface area contributed by atoms with Crippen LogP contribution in [0, 0.1) is 11.6 Å². The third-order valence-electron chi connectivity index (χ3n) is 2.17. The predicted octanol–water partition coefficient (Wildman–Crippen LogP) is 3.35. The van der Waals surface area contributed by atoms with Crippen LogP contribution in [0.4, 0.5) is 8.78 Å². The highest BCUT2D eigenvalue weighted by molar-refractivity contribution is 9.10. The molecule has 17 heavy (non-hydrogen) atoms. The summed E-state index contributed by atoms with van der Waals surface area (Å²) in [7, 11) is 0. The van der Waals surface area contributed by atoms with Crippen LogP contribution in [0.15, 0.2) is 41.0 Å². The van der Waals surface area contributed by atoms with Crippen molar-refractivity contribution in [1.82, 2.24) is 4.98 Å². The Kier molecular flexibility index (Phi) is 3.28. The number of pyridine rings is 1. The molecule has 0 saturated carbocycles. The summed E-state index contributed by atoms with van der Waals surface area (Å²) >= 11 is 2.91. The van der Waals surface area contributed by atoms with Gasteiger partial charge in [-0.25, -0.2) is 8.78 Å². The first-order valence-electron chi connectivity index (χ1n) is 4.70. The van der Waals surface area contributed by atoms with Crippen molar-refractivity contribution >= 4 is 21.7 Å². The minimum Gasteiger partial charge on any atom is -0.287 e. The molecule has 1 aromatic heterocycles. The van der Waals surface area contributed by atoms with Crippen molar-refractivity contribution in [1.29, 1.82) is 0 Å². The summed E-state index contributed by atoms with van der Waals surface area (Å²) in [5.74, 6) is -2.59. The molecule has 2 rings (SSSR count). The van der Waals surface area contributed by atoms with Gasteiger partial charge >= 0.3 is 0 Å². The molecule has 0 N–H and O–H groups in total. The molecule has 0 radical (unpaired) electrons. The maximum atomic E-state index is 13.7. The largest absolute Gasteiger partial charge is 0.287 e. The van der Waals surface area contributed by atoms with Gasteiger partial charge in [0.15, 0.2) is 5.82 Å². The molecular weight excluding hydrogens is 292 g/mol. The quantitative estimate of drug-likeness (QED) is 0.628. The van der Waals surface area contributed by atoms with Crippen LogP contribution < -0.4 is 0 Å². The summed E-state index contributed by atoms with van der Waals surface area (Å²) < 4.78 is 27.2. The summed E-state index contributed by atoms with van der Waals surface area (Å²) in [6, 6.07) is 6.84. The van der Waals surface area contributed by atoms with E-state index in [1.54, 1.807) is 12.1 Å². The fourth-order valence-corrected chi connectivity index (χ4v) is 1.69. The van der Waals surface area contributed by atoms with Crippen molar-refractivity contribution in [3.05, 3.63) is 63.9 Å². The Bertz CT molecular complexity index is 572. The lowest BCUT2D eigenvalue weighted by atomic mass is 10.1. The third kappa shape index (κ3) is 2.24. The molecule has 0 unspecified atom stereocenters. The third-order valence-corrected chi connectivity index (χ3v) is 2.78. The van der Waals surface area contributed by atoms with Gasteiger partial charge in [0.05, 0.1) is 10.0 Å². The fourth-order valence-electron chi connectivity index (χ4n) is 1.36. The van der Waals surface area contributed by atoms with E-state index >= 15 is 0 Å². The Morgan fingerprint density at radius 3 is 2.59 bits per heavy atom. The van der Waals surface area contributed by atoms with Crippen LogP contribution >= 0.6 is 15.9 Å². The molecule has 0 spiro atoms. The van der Waals surface area contributed by atoms with Gasteiger partial charge in [0.1, 0.15) is 11.5 Å². The van der Waals surface area contributed by atoms with Crippen LogP contribution in [0.1, 0.15) is 16.1 Å². The van der Waals surface area contributed by atoms with Crippen molar-refractivity contribution in [3.8, 4) is 0 Å². The van der Waals surface area contributed by atoms with E-state index in [9.17, 15) is 13.6 Å². The molecule has 2 nitrogen and oxygen atoms in total. The number of aromatic nitrogens is 1. The minimum atomic E-state index is -0.916. The van der Waals surface area contributed by atoms with E-state index < -0.39 is 23.0 Å². The van der Waals surface area contributed by atoms with E-state index in [4.69, 9.17) is 0 Å². The van der Waals surface area contributed by atoms with Crippen molar-refractivity contribution < 1.29 is 13.6 Å². The molecule has 2 aromatic rings. The molecule has 0 saturated heterocycles. The van der Waals surface area contributed by atoms with Crippen LogP contribution in [0.2, 0.25) is 0 Å².